The summed E-state index contributed by atoms with van der Waals surface area (Å²) in [4.78, 5) is 20.2. The second kappa shape index (κ2) is 8.10. The van der Waals surface area contributed by atoms with Crippen molar-refractivity contribution in [2.45, 2.75) is 45.8 Å². The van der Waals surface area contributed by atoms with Gasteiger partial charge in [0.1, 0.15) is 17.2 Å². The van der Waals surface area contributed by atoms with Crippen LogP contribution in [0.1, 0.15) is 39.7 Å². The highest BCUT2D eigenvalue weighted by atomic mass is 16.5. The number of hydrogen-bond donors (Lipinski definition) is 1. The van der Waals surface area contributed by atoms with Crippen molar-refractivity contribution in [1.29, 1.82) is 0 Å². The first-order valence-corrected chi connectivity index (χ1v) is 9.93. The Morgan fingerprint density at radius 1 is 1.18 bits per heavy atom. The second-order valence-electron chi connectivity index (χ2n) is 7.31. The van der Waals surface area contributed by atoms with Crippen LogP contribution in [0.2, 0.25) is 0 Å². The Labute approximate surface area is 165 Å². The van der Waals surface area contributed by atoms with Crippen molar-refractivity contribution in [3.63, 3.8) is 0 Å². The molecule has 1 N–H and O–H groups in total. The number of nitrogens with zero attached hydrogens (tertiary/aromatic N) is 6. The van der Waals surface area contributed by atoms with E-state index in [0.717, 1.165) is 61.2 Å². The Morgan fingerprint density at radius 2 is 2.00 bits per heavy atom. The van der Waals surface area contributed by atoms with Crippen LogP contribution < -0.4 is 10.2 Å². The molecule has 4 rings (SSSR count). The predicted molar refractivity (Wildman–Crippen MR) is 110 cm³/mol. The number of fused-ring (bicyclic) bond motifs is 1. The number of pyridine rings is 1. The number of imidazole rings is 1. The van der Waals surface area contributed by atoms with Crippen LogP contribution in [0.4, 0.5) is 17.6 Å². The summed E-state index contributed by atoms with van der Waals surface area (Å²) in [6.45, 7) is 8.91. The molecule has 0 amide bonds. The Balaban J connectivity index is 1.49. The molecular weight excluding hydrogens is 354 g/mol. The summed E-state index contributed by atoms with van der Waals surface area (Å²) >= 11 is 0. The molecule has 0 saturated carbocycles. The number of nitrogens with one attached hydrogen (secondary N) is 1. The van der Waals surface area contributed by atoms with E-state index in [-0.39, 0.29) is 0 Å². The maximum absolute atomic E-state index is 5.73. The van der Waals surface area contributed by atoms with Crippen molar-refractivity contribution < 1.29 is 4.74 Å². The van der Waals surface area contributed by atoms with Gasteiger partial charge in [0, 0.05) is 38.0 Å². The zero-order valence-electron chi connectivity index (χ0n) is 16.7. The fourth-order valence-corrected chi connectivity index (χ4v) is 3.57. The molecule has 28 heavy (non-hydrogen) atoms. The molecule has 0 spiro atoms. The molecule has 8 nitrogen and oxygen atoms in total. The Morgan fingerprint density at radius 3 is 2.75 bits per heavy atom. The van der Waals surface area contributed by atoms with Crippen molar-refractivity contribution >= 4 is 28.6 Å². The first-order chi connectivity index (χ1) is 13.6. The van der Waals surface area contributed by atoms with E-state index in [1.165, 1.54) is 0 Å². The van der Waals surface area contributed by atoms with Crippen LogP contribution in [0.3, 0.4) is 0 Å². The quantitative estimate of drug-likeness (QED) is 0.699. The number of piperidine rings is 1. The van der Waals surface area contributed by atoms with Gasteiger partial charge in [-0.2, -0.15) is 4.98 Å². The lowest BCUT2D eigenvalue weighted by atomic mass is 10.1. The fourth-order valence-electron chi connectivity index (χ4n) is 3.57. The summed E-state index contributed by atoms with van der Waals surface area (Å²) in [6, 6.07) is 4.21. The molecule has 1 aliphatic heterocycles. The third-order valence-electron chi connectivity index (χ3n) is 5.04. The van der Waals surface area contributed by atoms with Gasteiger partial charge in [0.2, 0.25) is 5.95 Å². The molecule has 1 saturated heterocycles. The lowest BCUT2D eigenvalue weighted by Crippen LogP contribution is -2.38. The van der Waals surface area contributed by atoms with Crippen molar-refractivity contribution in [3.8, 4) is 0 Å². The minimum Gasteiger partial charge on any atom is -0.378 e. The van der Waals surface area contributed by atoms with Gasteiger partial charge < -0.3 is 19.5 Å². The lowest BCUT2D eigenvalue weighted by Gasteiger charge is -2.31. The maximum Gasteiger partial charge on any atom is 0.227 e. The van der Waals surface area contributed by atoms with Crippen LogP contribution in [-0.4, -0.2) is 50.3 Å². The summed E-state index contributed by atoms with van der Waals surface area (Å²) in [7, 11) is 0. The molecule has 0 radical (unpaired) electrons. The third-order valence-corrected chi connectivity index (χ3v) is 5.04. The predicted octanol–water partition coefficient (Wildman–Crippen LogP) is 3.55. The van der Waals surface area contributed by atoms with Gasteiger partial charge in [-0.05, 0) is 39.7 Å². The Hall–Kier alpha value is -2.74. The van der Waals surface area contributed by atoms with E-state index in [2.05, 4.69) is 48.6 Å². The van der Waals surface area contributed by atoms with Gasteiger partial charge in [-0.1, -0.05) is 0 Å². The van der Waals surface area contributed by atoms with Gasteiger partial charge in [-0.3, -0.25) is 0 Å². The average molecular weight is 381 g/mol. The standard InChI is InChI=1S/C20H27N7O/c1-4-28-15-6-9-26(10-7-15)20-21-8-5-18(25-20)24-19-11-17-16(12-22-19)23-13-27(17)14(2)3/h5,8,11-15H,4,6-7,9-10H2,1-3H3,(H,21,22,24,25). The van der Waals surface area contributed by atoms with E-state index in [4.69, 9.17) is 4.74 Å². The summed E-state index contributed by atoms with van der Waals surface area (Å²) in [5, 5.41) is 3.31. The number of rotatable bonds is 6. The number of anilines is 3. The smallest absolute Gasteiger partial charge is 0.227 e. The minimum absolute atomic E-state index is 0.338. The van der Waals surface area contributed by atoms with Gasteiger partial charge in [-0.25, -0.2) is 15.0 Å². The number of hydrogen-bond acceptors (Lipinski definition) is 7. The Bertz CT molecular complexity index is 931. The number of aromatic nitrogens is 5. The summed E-state index contributed by atoms with van der Waals surface area (Å²) < 4.78 is 7.86. The van der Waals surface area contributed by atoms with Gasteiger partial charge in [0.15, 0.2) is 0 Å². The van der Waals surface area contributed by atoms with Crippen molar-refractivity contribution in [1.82, 2.24) is 24.5 Å². The van der Waals surface area contributed by atoms with E-state index in [0.29, 0.717) is 12.1 Å². The topological polar surface area (TPSA) is 81.0 Å². The van der Waals surface area contributed by atoms with Crippen LogP contribution in [0.15, 0.2) is 30.9 Å². The SMILES string of the molecule is CCOC1CCN(c2nccc(Nc3cc4c(cn3)ncn4C(C)C)n2)CC1. The van der Waals surface area contributed by atoms with E-state index < -0.39 is 0 Å². The van der Waals surface area contributed by atoms with Gasteiger partial charge in [0.25, 0.3) is 0 Å². The van der Waals surface area contributed by atoms with E-state index >= 15 is 0 Å². The maximum atomic E-state index is 5.73. The van der Waals surface area contributed by atoms with Crippen molar-refractivity contribution in [2.75, 3.05) is 29.9 Å². The highest BCUT2D eigenvalue weighted by Gasteiger charge is 2.21. The van der Waals surface area contributed by atoms with E-state index in [1.54, 1.807) is 12.4 Å². The summed E-state index contributed by atoms with van der Waals surface area (Å²) in [5.41, 5.74) is 1.94. The molecule has 1 fully saturated rings. The van der Waals surface area contributed by atoms with Crippen molar-refractivity contribution in [2.24, 2.45) is 0 Å². The van der Waals surface area contributed by atoms with Crippen LogP contribution >= 0.6 is 0 Å². The fraction of sp³-hybridized carbons (Fsp3) is 0.500. The first-order valence-electron chi connectivity index (χ1n) is 9.93. The molecular formula is C20H27N7O. The first kappa shape index (κ1) is 18.6. The summed E-state index contributed by atoms with van der Waals surface area (Å²) in [6.07, 6.45) is 7.80. The van der Waals surface area contributed by atoms with Crippen LogP contribution in [0.5, 0.6) is 0 Å². The molecule has 8 heteroatoms. The molecule has 0 aromatic carbocycles. The molecule has 3 aromatic rings. The molecule has 1 aliphatic rings. The van der Waals surface area contributed by atoms with Gasteiger partial charge >= 0.3 is 0 Å². The van der Waals surface area contributed by atoms with E-state index in [1.807, 2.05) is 25.4 Å². The third kappa shape index (κ3) is 3.91. The van der Waals surface area contributed by atoms with Crippen LogP contribution in [-0.2, 0) is 4.74 Å². The molecule has 0 bridgehead atoms. The highest BCUT2D eigenvalue weighted by Crippen LogP contribution is 2.23. The zero-order valence-corrected chi connectivity index (χ0v) is 16.7. The second-order valence-corrected chi connectivity index (χ2v) is 7.31. The normalized spacial score (nSPS) is 15.5. The van der Waals surface area contributed by atoms with E-state index in [9.17, 15) is 0 Å². The molecule has 4 heterocycles. The van der Waals surface area contributed by atoms with Crippen LogP contribution in [0, 0.1) is 0 Å². The van der Waals surface area contributed by atoms with Gasteiger partial charge in [-0.15, -0.1) is 0 Å². The minimum atomic E-state index is 0.338. The molecule has 0 unspecified atom stereocenters. The molecule has 148 valence electrons. The average Bonchev–Trinajstić information content (AvgIpc) is 3.13. The lowest BCUT2D eigenvalue weighted by molar-refractivity contribution is 0.0457. The zero-order chi connectivity index (χ0) is 19.5. The monoisotopic (exact) mass is 381 g/mol. The molecule has 3 aromatic heterocycles. The number of ether oxygens (including phenoxy) is 1. The summed E-state index contributed by atoms with van der Waals surface area (Å²) in [5.74, 6) is 2.22. The van der Waals surface area contributed by atoms with Crippen molar-refractivity contribution in [3.05, 3.63) is 30.9 Å². The highest BCUT2D eigenvalue weighted by molar-refractivity contribution is 5.78. The molecule has 0 atom stereocenters. The molecule has 0 aliphatic carbocycles. The largest absolute Gasteiger partial charge is 0.378 e. The Kier molecular flexibility index (Phi) is 5.38. The van der Waals surface area contributed by atoms with Gasteiger partial charge in [0.05, 0.1) is 24.1 Å². The van der Waals surface area contributed by atoms with Crippen LogP contribution in [0.25, 0.3) is 11.0 Å².